The van der Waals surface area contributed by atoms with Gasteiger partial charge in [0.2, 0.25) is 11.9 Å². The summed E-state index contributed by atoms with van der Waals surface area (Å²) in [5.41, 5.74) is 9.25. The van der Waals surface area contributed by atoms with Crippen molar-refractivity contribution in [2.45, 2.75) is 12.8 Å². The lowest BCUT2D eigenvalue weighted by Crippen LogP contribution is -2.17. The predicted octanol–water partition coefficient (Wildman–Crippen LogP) is 4.06. The summed E-state index contributed by atoms with van der Waals surface area (Å²) in [4.78, 5) is 16.4. The Labute approximate surface area is 174 Å². The van der Waals surface area contributed by atoms with E-state index in [2.05, 4.69) is 20.1 Å². The Morgan fingerprint density at radius 1 is 1.03 bits per heavy atom. The van der Waals surface area contributed by atoms with Crippen molar-refractivity contribution in [3.63, 3.8) is 0 Å². The molecule has 0 aliphatic carbocycles. The number of halogens is 3. The molecule has 158 valence electrons. The van der Waals surface area contributed by atoms with Crippen LogP contribution in [0.3, 0.4) is 0 Å². The number of nitrogens with zero attached hydrogens (tertiary/aromatic N) is 3. The maximum Gasteiger partial charge on any atom is 0.573 e. The second-order valence-corrected chi connectivity index (χ2v) is 6.68. The summed E-state index contributed by atoms with van der Waals surface area (Å²) in [6.07, 6.45) is -2.88. The number of aromatic nitrogens is 3. The molecule has 31 heavy (non-hydrogen) atoms. The number of ether oxygens (including phenoxy) is 1. The molecule has 0 fully saturated rings. The van der Waals surface area contributed by atoms with Crippen molar-refractivity contribution < 1.29 is 22.7 Å². The molecule has 0 saturated heterocycles. The number of carbonyl (C=O) groups excluding carboxylic acids is 1. The Kier molecular flexibility index (Phi) is 5.20. The van der Waals surface area contributed by atoms with E-state index in [0.29, 0.717) is 11.3 Å². The van der Waals surface area contributed by atoms with Crippen LogP contribution in [0.25, 0.3) is 16.8 Å². The second-order valence-electron chi connectivity index (χ2n) is 6.68. The van der Waals surface area contributed by atoms with Gasteiger partial charge in [-0.05, 0) is 53.1 Å². The molecule has 4 aromatic rings. The van der Waals surface area contributed by atoms with Crippen molar-refractivity contribution in [3.05, 3.63) is 72.4 Å². The van der Waals surface area contributed by atoms with Gasteiger partial charge in [0.15, 0.2) is 5.65 Å². The monoisotopic (exact) mass is 427 g/mol. The van der Waals surface area contributed by atoms with E-state index in [1.165, 1.54) is 12.1 Å². The zero-order valence-electron chi connectivity index (χ0n) is 15.9. The third-order valence-electron chi connectivity index (χ3n) is 4.38. The second kappa shape index (κ2) is 7.98. The minimum absolute atomic E-state index is 0.112. The Balaban J connectivity index is 1.38. The maximum absolute atomic E-state index is 12.2. The average Bonchev–Trinajstić information content (AvgIpc) is 3.08. The third-order valence-corrected chi connectivity index (χ3v) is 4.38. The molecule has 7 nitrogen and oxygen atoms in total. The highest BCUT2D eigenvalue weighted by atomic mass is 19.4. The van der Waals surface area contributed by atoms with Crippen LogP contribution in [0.5, 0.6) is 5.75 Å². The van der Waals surface area contributed by atoms with E-state index >= 15 is 0 Å². The lowest BCUT2D eigenvalue weighted by atomic mass is 10.0. The quantitative estimate of drug-likeness (QED) is 0.501. The Bertz CT molecular complexity index is 1220. The van der Waals surface area contributed by atoms with Gasteiger partial charge in [-0.1, -0.05) is 24.3 Å². The van der Waals surface area contributed by atoms with Crippen molar-refractivity contribution in [2.24, 2.45) is 0 Å². The van der Waals surface area contributed by atoms with Gasteiger partial charge in [-0.15, -0.1) is 18.3 Å². The van der Waals surface area contributed by atoms with Gasteiger partial charge in [0.1, 0.15) is 5.75 Å². The summed E-state index contributed by atoms with van der Waals surface area (Å²) in [7, 11) is 0. The topological polar surface area (TPSA) is 94.5 Å². The molecule has 0 aliphatic rings. The normalized spacial score (nSPS) is 11.5. The number of carbonyl (C=O) groups is 1. The van der Waals surface area contributed by atoms with E-state index in [1.54, 1.807) is 10.7 Å². The first-order valence-electron chi connectivity index (χ1n) is 9.12. The van der Waals surface area contributed by atoms with Crippen molar-refractivity contribution in [2.75, 3.05) is 11.1 Å². The van der Waals surface area contributed by atoms with E-state index in [4.69, 9.17) is 5.73 Å². The molecule has 1 amide bonds. The summed E-state index contributed by atoms with van der Waals surface area (Å²) in [5, 5.41) is 6.68. The van der Waals surface area contributed by atoms with E-state index in [1.807, 2.05) is 36.4 Å². The number of rotatable bonds is 5. The number of nitrogens with one attached hydrogen (secondary N) is 1. The fourth-order valence-corrected chi connectivity index (χ4v) is 3.02. The molecule has 0 saturated carbocycles. The van der Waals surface area contributed by atoms with Crippen molar-refractivity contribution in [3.8, 4) is 16.9 Å². The molecule has 2 heterocycles. The molecule has 0 aliphatic heterocycles. The summed E-state index contributed by atoms with van der Waals surface area (Å²) in [6.45, 7) is 0. The highest BCUT2D eigenvalue weighted by molar-refractivity contribution is 5.92. The number of nitrogens with two attached hydrogens (primary N) is 1. The van der Waals surface area contributed by atoms with Crippen LogP contribution >= 0.6 is 0 Å². The van der Waals surface area contributed by atoms with Gasteiger partial charge in [-0.25, -0.2) is 4.52 Å². The Morgan fingerprint density at radius 2 is 1.74 bits per heavy atom. The summed E-state index contributed by atoms with van der Waals surface area (Å²) < 4.78 is 42.0. The molecule has 2 aromatic heterocycles. The minimum atomic E-state index is -4.76. The highest BCUT2D eigenvalue weighted by Gasteiger charge is 2.30. The van der Waals surface area contributed by atoms with Crippen LogP contribution in [0.2, 0.25) is 0 Å². The fraction of sp³-hybridized carbons (Fsp3) is 0.0952. The fourth-order valence-electron chi connectivity index (χ4n) is 3.02. The number of benzene rings is 2. The van der Waals surface area contributed by atoms with Gasteiger partial charge in [0, 0.05) is 11.9 Å². The number of nitrogen functional groups attached to an aromatic ring is 1. The Morgan fingerprint density at radius 3 is 2.42 bits per heavy atom. The van der Waals surface area contributed by atoms with Gasteiger partial charge in [0.25, 0.3) is 0 Å². The zero-order chi connectivity index (χ0) is 22.0. The van der Waals surface area contributed by atoms with Crippen molar-refractivity contribution in [1.29, 1.82) is 0 Å². The van der Waals surface area contributed by atoms with Gasteiger partial charge in [-0.2, -0.15) is 4.98 Å². The predicted molar refractivity (Wildman–Crippen MR) is 108 cm³/mol. The van der Waals surface area contributed by atoms with Crippen LogP contribution in [0.4, 0.5) is 24.8 Å². The standard InChI is InChI=1S/C21H16F3N5O2/c22-21(23,24)31-17-7-5-16(6-8-17)26-19(30)11-13-1-3-14(4-2-13)15-9-10-29-18(12-15)27-20(25)28-29/h1-10,12H,11H2,(H2,25,28)(H,26,30). The zero-order valence-corrected chi connectivity index (χ0v) is 15.9. The van der Waals surface area contributed by atoms with Gasteiger partial charge in [-0.3, -0.25) is 4.79 Å². The number of fused-ring (bicyclic) bond motifs is 1. The van der Waals surface area contributed by atoms with E-state index < -0.39 is 6.36 Å². The molecule has 0 radical (unpaired) electrons. The summed E-state index contributed by atoms with van der Waals surface area (Å²) in [6, 6.07) is 16.1. The molecular formula is C21H16F3N5O2. The first-order chi connectivity index (χ1) is 14.7. The van der Waals surface area contributed by atoms with Crippen molar-refractivity contribution in [1.82, 2.24) is 14.6 Å². The van der Waals surface area contributed by atoms with E-state index in [0.717, 1.165) is 28.8 Å². The van der Waals surface area contributed by atoms with Crippen LogP contribution in [0, 0.1) is 0 Å². The lowest BCUT2D eigenvalue weighted by Gasteiger charge is -2.10. The average molecular weight is 427 g/mol. The number of pyridine rings is 1. The van der Waals surface area contributed by atoms with Crippen LogP contribution in [-0.4, -0.2) is 26.9 Å². The largest absolute Gasteiger partial charge is 0.573 e. The molecule has 3 N–H and O–H groups in total. The molecule has 0 spiro atoms. The lowest BCUT2D eigenvalue weighted by molar-refractivity contribution is -0.274. The van der Waals surface area contributed by atoms with E-state index in [-0.39, 0.29) is 24.0 Å². The smallest absolute Gasteiger partial charge is 0.406 e. The molecular weight excluding hydrogens is 411 g/mol. The molecule has 10 heteroatoms. The number of amides is 1. The number of anilines is 2. The van der Waals surface area contributed by atoms with Crippen LogP contribution in [0.15, 0.2) is 66.9 Å². The van der Waals surface area contributed by atoms with Crippen LogP contribution < -0.4 is 15.8 Å². The van der Waals surface area contributed by atoms with Gasteiger partial charge < -0.3 is 15.8 Å². The molecule has 0 bridgehead atoms. The maximum atomic E-state index is 12.2. The van der Waals surface area contributed by atoms with Crippen molar-refractivity contribution >= 4 is 23.2 Å². The molecule has 4 rings (SSSR count). The summed E-state index contributed by atoms with van der Waals surface area (Å²) >= 11 is 0. The minimum Gasteiger partial charge on any atom is -0.406 e. The number of alkyl halides is 3. The Hall–Kier alpha value is -4.08. The van der Waals surface area contributed by atoms with Gasteiger partial charge >= 0.3 is 6.36 Å². The highest BCUT2D eigenvalue weighted by Crippen LogP contribution is 2.24. The van der Waals surface area contributed by atoms with E-state index in [9.17, 15) is 18.0 Å². The molecule has 0 unspecified atom stereocenters. The van der Waals surface area contributed by atoms with Gasteiger partial charge in [0.05, 0.1) is 6.42 Å². The molecule has 0 atom stereocenters. The first kappa shape index (κ1) is 20.2. The van der Waals surface area contributed by atoms with Crippen LogP contribution in [0.1, 0.15) is 5.56 Å². The van der Waals surface area contributed by atoms with Crippen LogP contribution in [-0.2, 0) is 11.2 Å². The number of hydrogen-bond acceptors (Lipinski definition) is 5. The molecule has 2 aromatic carbocycles. The third kappa shape index (κ3) is 5.10. The first-order valence-corrected chi connectivity index (χ1v) is 9.12. The SMILES string of the molecule is Nc1nc2cc(-c3ccc(CC(=O)Nc4ccc(OC(F)(F)F)cc4)cc3)ccn2n1. The number of hydrogen-bond donors (Lipinski definition) is 2. The summed E-state index contributed by atoms with van der Waals surface area (Å²) in [5.74, 6) is -0.452.